The first-order valence-corrected chi connectivity index (χ1v) is 9.88. The Balaban J connectivity index is 1.70. The number of methoxy groups -OCH3 is 1. The van der Waals surface area contributed by atoms with Crippen molar-refractivity contribution in [3.63, 3.8) is 0 Å². The lowest BCUT2D eigenvalue weighted by atomic mass is 10.0. The van der Waals surface area contributed by atoms with E-state index in [1.807, 2.05) is 35.7 Å². The van der Waals surface area contributed by atoms with Crippen molar-refractivity contribution in [2.45, 2.75) is 13.3 Å². The maximum atomic E-state index is 13.1. The molecule has 0 N–H and O–H groups in total. The van der Waals surface area contributed by atoms with Crippen molar-refractivity contribution in [1.29, 1.82) is 0 Å². The number of para-hydroxylation sites is 1. The molecule has 0 spiro atoms. The molecule has 0 bridgehead atoms. The third-order valence-corrected chi connectivity index (χ3v) is 5.42. The van der Waals surface area contributed by atoms with Crippen LogP contribution in [0.15, 0.2) is 69.2 Å². The molecule has 2 heterocycles. The predicted octanol–water partition coefficient (Wildman–Crippen LogP) is 4.99. The smallest absolute Gasteiger partial charge is 0.316 e. The van der Waals surface area contributed by atoms with E-state index in [9.17, 15) is 9.59 Å². The van der Waals surface area contributed by atoms with E-state index in [2.05, 4.69) is 0 Å². The molecule has 2 aromatic carbocycles. The normalized spacial score (nSPS) is 10.8. The molecule has 0 atom stereocenters. The van der Waals surface area contributed by atoms with Crippen LogP contribution in [0.2, 0.25) is 0 Å². The second kappa shape index (κ2) is 7.93. The van der Waals surface area contributed by atoms with Crippen molar-refractivity contribution < 1.29 is 18.7 Å². The fourth-order valence-corrected chi connectivity index (χ4v) is 3.93. The largest absolute Gasteiger partial charge is 0.496 e. The van der Waals surface area contributed by atoms with E-state index < -0.39 is 0 Å². The lowest BCUT2D eigenvalue weighted by Crippen LogP contribution is -2.11. The van der Waals surface area contributed by atoms with Gasteiger partial charge in [-0.25, -0.2) is 0 Å². The van der Waals surface area contributed by atoms with E-state index >= 15 is 0 Å². The van der Waals surface area contributed by atoms with Crippen LogP contribution in [0.25, 0.3) is 22.1 Å². The average Bonchev–Trinajstić information content (AvgIpc) is 3.21. The van der Waals surface area contributed by atoms with Gasteiger partial charge in [-0.3, -0.25) is 9.59 Å². The summed E-state index contributed by atoms with van der Waals surface area (Å²) >= 11 is 1.50. The Morgan fingerprint density at radius 1 is 1.10 bits per heavy atom. The number of hydrogen-bond donors (Lipinski definition) is 0. The zero-order valence-electron chi connectivity index (χ0n) is 15.9. The molecule has 0 radical (unpaired) electrons. The third-order valence-electron chi connectivity index (χ3n) is 4.55. The Hall–Kier alpha value is -3.38. The maximum Gasteiger partial charge on any atom is 0.316 e. The fourth-order valence-electron chi connectivity index (χ4n) is 3.23. The van der Waals surface area contributed by atoms with E-state index in [1.54, 1.807) is 38.3 Å². The molecule has 146 valence electrons. The highest BCUT2D eigenvalue weighted by molar-refractivity contribution is 7.10. The first-order chi connectivity index (χ1) is 14.1. The molecular weight excluding hydrogens is 388 g/mol. The molecule has 0 aliphatic heterocycles. The molecule has 0 unspecified atom stereocenters. The number of carbonyl (C=O) groups excluding carboxylic acids is 1. The summed E-state index contributed by atoms with van der Waals surface area (Å²) in [6.45, 7) is 1.73. The highest BCUT2D eigenvalue weighted by Crippen LogP contribution is 2.32. The van der Waals surface area contributed by atoms with Gasteiger partial charge < -0.3 is 13.9 Å². The van der Waals surface area contributed by atoms with Gasteiger partial charge in [0.15, 0.2) is 0 Å². The van der Waals surface area contributed by atoms with Crippen molar-refractivity contribution in [3.8, 4) is 22.6 Å². The predicted molar refractivity (Wildman–Crippen MR) is 113 cm³/mol. The zero-order valence-corrected chi connectivity index (χ0v) is 16.7. The van der Waals surface area contributed by atoms with Crippen LogP contribution in [0, 0.1) is 6.92 Å². The van der Waals surface area contributed by atoms with Gasteiger partial charge in [0.25, 0.3) is 0 Å². The summed E-state index contributed by atoms with van der Waals surface area (Å²) < 4.78 is 16.7. The van der Waals surface area contributed by atoms with E-state index in [0.29, 0.717) is 39.4 Å². The summed E-state index contributed by atoms with van der Waals surface area (Å²) in [6.07, 6.45) is 0.200. The molecule has 0 saturated heterocycles. The summed E-state index contributed by atoms with van der Waals surface area (Å²) in [5, 5.41) is 2.32. The van der Waals surface area contributed by atoms with Crippen molar-refractivity contribution in [1.82, 2.24) is 0 Å². The Bertz CT molecular complexity index is 1240. The molecule has 2 aromatic heterocycles. The van der Waals surface area contributed by atoms with Gasteiger partial charge in [-0.15, -0.1) is 11.3 Å². The Kier molecular flexibility index (Phi) is 5.18. The summed E-state index contributed by atoms with van der Waals surface area (Å²) in [7, 11) is 1.56. The second-order valence-corrected chi connectivity index (χ2v) is 7.48. The van der Waals surface area contributed by atoms with Crippen LogP contribution < -0.4 is 14.9 Å². The van der Waals surface area contributed by atoms with Crippen LogP contribution >= 0.6 is 11.3 Å². The Morgan fingerprint density at radius 2 is 1.93 bits per heavy atom. The van der Waals surface area contributed by atoms with Gasteiger partial charge in [-0.2, -0.15) is 0 Å². The van der Waals surface area contributed by atoms with E-state index in [4.69, 9.17) is 13.9 Å². The number of aryl methyl sites for hydroxylation is 1. The van der Waals surface area contributed by atoms with Gasteiger partial charge in [-0.05, 0) is 36.6 Å². The summed E-state index contributed by atoms with van der Waals surface area (Å²) in [4.78, 5) is 26.2. The number of rotatable bonds is 5. The minimum Gasteiger partial charge on any atom is -0.496 e. The van der Waals surface area contributed by atoms with Gasteiger partial charge >= 0.3 is 5.97 Å². The van der Waals surface area contributed by atoms with E-state index in [-0.39, 0.29) is 17.8 Å². The van der Waals surface area contributed by atoms with Crippen LogP contribution in [0.3, 0.4) is 0 Å². The quantitative estimate of drug-likeness (QED) is 0.345. The lowest BCUT2D eigenvalue weighted by molar-refractivity contribution is -0.133. The van der Waals surface area contributed by atoms with Crippen molar-refractivity contribution >= 4 is 28.3 Å². The number of ether oxygens (including phenoxy) is 2. The van der Waals surface area contributed by atoms with Gasteiger partial charge in [0.05, 0.1) is 24.5 Å². The van der Waals surface area contributed by atoms with Crippen molar-refractivity contribution in [2.75, 3.05) is 7.11 Å². The Labute approximate surface area is 171 Å². The average molecular weight is 406 g/mol. The standard InChI is InChI=1S/C23H18O5S/c1-14-22(17-7-3-4-8-19(17)26-2)23(25)18-10-9-15(12-20(18)27-14)28-21(24)13-16-6-5-11-29-16/h3-12H,13H2,1-2H3. The Morgan fingerprint density at radius 3 is 2.69 bits per heavy atom. The molecule has 0 aliphatic rings. The molecule has 29 heavy (non-hydrogen) atoms. The SMILES string of the molecule is COc1ccccc1-c1c(C)oc2cc(OC(=O)Cc3cccs3)ccc2c1=O. The molecule has 4 rings (SSSR count). The van der Waals surface area contributed by atoms with E-state index in [0.717, 1.165) is 4.88 Å². The van der Waals surface area contributed by atoms with Gasteiger partial charge in [0, 0.05) is 16.5 Å². The topological polar surface area (TPSA) is 65.7 Å². The zero-order chi connectivity index (χ0) is 20.4. The molecule has 0 amide bonds. The molecule has 0 saturated carbocycles. The number of hydrogen-bond acceptors (Lipinski definition) is 6. The van der Waals surface area contributed by atoms with Crippen LogP contribution in [0.4, 0.5) is 0 Å². The van der Waals surface area contributed by atoms with Crippen molar-refractivity contribution in [3.05, 3.63) is 80.8 Å². The maximum absolute atomic E-state index is 13.1. The van der Waals surface area contributed by atoms with Gasteiger partial charge in [0.1, 0.15) is 22.8 Å². The van der Waals surface area contributed by atoms with Crippen LogP contribution in [-0.2, 0) is 11.2 Å². The molecule has 4 aromatic rings. The number of thiophene rings is 1. The van der Waals surface area contributed by atoms with Gasteiger partial charge in [0.2, 0.25) is 5.43 Å². The molecule has 0 fully saturated rings. The molecular formula is C23H18O5S. The van der Waals surface area contributed by atoms with Crippen molar-refractivity contribution in [2.24, 2.45) is 0 Å². The number of carbonyl (C=O) groups is 1. The number of benzene rings is 2. The van der Waals surface area contributed by atoms with Crippen LogP contribution in [0.5, 0.6) is 11.5 Å². The highest BCUT2D eigenvalue weighted by atomic mass is 32.1. The summed E-state index contributed by atoms with van der Waals surface area (Å²) in [6, 6.07) is 15.9. The lowest BCUT2D eigenvalue weighted by Gasteiger charge is -2.11. The summed E-state index contributed by atoms with van der Waals surface area (Å²) in [5.41, 5.74) is 1.34. The first-order valence-electron chi connectivity index (χ1n) is 9.00. The number of esters is 1. The first kappa shape index (κ1) is 19.0. The minimum absolute atomic E-state index is 0.162. The monoisotopic (exact) mass is 406 g/mol. The molecule has 6 heteroatoms. The highest BCUT2D eigenvalue weighted by Gasteiger charge is 2.17. The molecule has 0 aliphatic carbocycles. The minimum atomic E-state index is -0.364. The van der Waals surface area contributed by atoms with E-state index in [1.165, 1.54) is 11.3 Å². The number of fused-ring (bicyclic) bond motifs is 1. The summed E-state index contributed by atoms with van der Waals surface area (Å²) in [5.74, 6) is 1.04. The van der Waals surface area contributed by atoms with Crippen LogP contribution in [0.1, 0.15) is 10.6 Å². The third kappa shape index (κ3) is 3.79. The molecule has 5 nitrogen and oxygen atoms in total. The van der Waals surface area contributed by atoms with Gasteiger partial charge in [-0.1, -0.05) is 24.3 Å². The fraction of sp³-hybridized carbons (Fsp3) is 0.130. The van der Waals surface area contributed by atoms with Crippen LogP contribution in [-0.4, -0.2) is 13.1 Å². The second-order valence-electron chi connectivity index (χ2n) is 6.45.